The van der Waals surface area contributed by atoms with Crippen molar-refractivity contribution >= 4 is 33.0 Å². The van der Waals surface area contributed by atoms with E-state index < -0.39 is 10.0 Å². The first-order valence-corrected chi connectivity index (χ1v) is 8.83. The van der Waals surface area contributed by atoms with Crippen LogP contribution in [0, 0.1) is 12.8 Å². The van der Waals surface area contributed by atoms with Gasteiger partial charge in [-0.3, -0.25) is 0 Å². The maximum atomic E-state index is 12.6. The number of halogens is 1. The fourth-order valence-corrected chi connectivity index (χ4v) is 5.48. The minimum absolute atomic E-state index is 0.242. The van der Waals surface area contributed by atoms with Gasteiger partial charge in [-0.2, -0.15) is 4.31 Å². The lowest BCUT2D eigenvalue weighted by molar-refractivity contribution is 0.380. The molecule has 0 aliphatic carbocycles. The van der Waals surface area contributed by atoms with Gasteiger partial charge in [-0.15, -0.1) is 22.9 Å². The lowest BCUT2D eigenvalue weighted by Gasteiger charge is -2.23. The molecular weight excluding hydrogens is 290 g/mol. The Morgan fingerprint density at radius 1 is 1.44 bits per heavy atom. The second kappa shape index (κ2) is 6.37. The van der Waals surface area contributed by atoms with E-state index in [1.54, 1.807) is 0 Å². The molecule has 0 amide bonds. The molecule has 0 aliphatic heterocycles. The molecule has 0 aliphatic rings. The summed E-state index contributed by atoms with van der Waals surface area (Å²) < 4.78 is 26.8. The Hall–Kier alpha value is -0.100. The molecular formula is C12H20ClNO2S2. The summed E-state index contributed by atoms with van der Waals surface area (Å²) in [7, 11) is -3.42. The molecule has 3 nitrogen and oxygen atoms in total. The van der Waals surface area contributed by atoms with Crippen LogP contribution in [-0.2, 0) is 15.9 Å². The number of hydrogen-bond acceptors (Lipinski definition) is 3. The first-order chi connectivity index (χ1) is 8.34. The van der Waals surface area contributed by atoms with Crippen LogP contribution < -0.4 is 0 Å². The number of thiophene rings is 1. The number of alkyl halides is 1. The van der Waals surface area contributed by atoms with Gasteiger partial charge in [0.1, 0.15) is 4.90 Å². The van der Waals surface area contributed by atoms with Gasteiger partial charge in [0.2, 0.25) is 10.0 Å². The molecule has 0 N–H and O–H groups in total. The largest absolute Gasteiger partial charge is 0.244 e. The smallest absolute Gasteiger partial charge is 0.207 e. The standard InChI is InChI=1S/C12H20ClNO2S2/c1-5-14(7-9(2)3)18(15,16)12-10(4)8-17-11(12)6-13/h8-9H,5-7H2,1-4H3. The molecule has 18 heavy (non-hydrogen) atoms. The zero-order valence-corrected chi connectivity index (χ0v) is 13.6. The molecule has 0 atom stereocenters. The van der Waals surface area contributed by atoms with E-state index in [1.807, 2.05) is 33.1 Å². The Bertz CT molecular complexity index is 494. The highest BCUT2D eigenvalue weighted by Gasteiger charge is 2.28. The minimum Gasteiger partial charge on any atom is -0.207 e. The van der Waals surface area contributed by atoms with Crippen LogP contribution >= 0.6 is 22.9 Å². The lowest BCUT2D eigenvalue weighted by Crippen LogP contribution is -2.34. The van der Waals surface area contributed by atoms with Crippen LogP contribution in [0.15, 0.2) is 10.3 Å². The van der Waals surface area contributed by atoms with Gasteiger partial charge in [0.05, 0.1) is 5.88 Å². The molecule has 0 radical (unpaired) electrons. The molecule has 0 spiro atoms. The third kappa shape index (κ3) is 3.26. The summed E-state index contributed by atoms with van der Waals surface area (Å²) >= 11 is 7.24. The normalized spacial score (nSPS) is 12.6. The fraction of sp³-hybridized carbons (Fsp3) is 0.667. The van der Waals surface area contributed by atoms with Crippen molar-refractivity contribution in [2.45, 2.75) is 38.5 Å². The number of sulfonamides is 1. The molecule has 0 unspecified atom stereocenters. The van der Waals surface area contributed by atoms with Crippen molar-refractivity contribution in [3.8, 4) is 0 Å². The maximum absolute atomic E-state index is 12.6. The summed E-state index contributed by atoms with van der Waals surface area (Å²) in [5, 5.41) is 1.85. The summed E-state index contributed by atoms with van der Waals surface area (Å²) in [6, 6.07) is 0. The molecule has 0 fully saturated rings. The van der Waals surface area contributed by atoms with Gasteiger partial charge in [0.25, 0.3) is 0 Å². The predicted octanol–water partition coefficient (Wildman–Crippen LogP) is 3.46. The van der Waals surface area contributed by atoms with Crippen molar-refractivity contribution in [1.82, 2.24) is 4.31 Å². The van der Waals surface area contributed by atoms with Gasteiger partial charge >= 0.3 is 0 Å². The average molecular weight is 310 g/mol. The summed E-state index contributed by atoms with van der Waals surface area (Å²) in [6.45, 7) is 8.74. The van der Waals surface area contributed by atoms with Crippen LogP contribution in [0.5, 0.6) is 0 Å². The van der Waals surface area contributed by atoms with E-state index in [4.69, 9.17) is 11.6 Å². The Balaban J connectivity index is 3.22. The van der Waals surface area contributed by atoms with Crippen molar-refractivity contribution in [1.29, 1.82) is 0 Å². The second-order valence-corrected chi connectivity index (χ2v) is 7.76. The summed E-state index contributed by atoms with van der Waals surface area (Å²) in [6.07, 6.45) is 0. The average Bonchev–Trinajstić information content (AvgIpc) is 2.67. The van der Waals surface area contributed by atoms with E-state index in [2.05, 4.69) is 0 Å². The first kappa shape index (κ1) is 16.0. The minimum atomic E-state index is -3.42. The summed E-state index contributed by atoms with van der Waals surface area (Å²) in [5.74, 6) is 0.546. The van der Waals surface area contributed by atoms with E-state index in [9.17, 15) is 8.42 Å². The van der Waals surface area contributed by atoms with Crippen molar-refractivity contribution in [3.63, 3.8) is 0 Å². The molecule has 1 aromatic heterocycles. The third-order valence-electron chi connectivity index (χ3n) is 2.63. The fourth-order valence-electron chi connectivity index (χ4n) is 1.86. The van der Waals surface area contributed by atoms with Crippen molar-refractivity contribution in [2.24, 2.45) is 5.92 Å². The maximum Gasteiger partial charge on any atom is 0.244 e. The van der Waals surface area contributed by atoms with Crippen molar-refractivity contribution < 1.29 is 8.42 Å². The topological polar surface area (TPSA) is 37.4 Å². The number of aryl methyl sites for hydroxylation is 1. The Morgan fingerprint density at radius 3 is 2.50 bits per heavy atom. The monoisotopic (exact) mass is 309 g/mol. The van der Waals surface area contributed by atoms with Crippen LogP contribution in [0.2, 0.25) is 0 Å². The van der Waals surface area contributed by atoms with E-state index in [-0.39, 0.29) is 5.88 Å². The first-order valence-electron chi connectivity index (χ1n) is 5.97. The zero-order chi connectivity index (χ0) is 13.9. The summed E-state index contributed by atoms with van der Waals surface area (Å²) in [5.41, 5.74) is 0.790. The lowest BCUT2D eigenvalue weighted by atomic mass is 10.2. The van der Waals surface area contributed by atoms with E-state index in [1.165, 1.54) is 15.6 Å². The van der Waals surface area contributed by atoms with Gasteiger partial charge < -0.3 is 0 Å². The van der Waals surface area contributed by atoms with Gasteiger partial charge in [-0.1, -0.05) is 20.8 Å². The second-order valence-electron chi connectivity index (χ2n) is 4.65. The molecule has 104 valence electrons. The number of hydrogen-bond donors (Lipinski definition) is 0. The highest BCUT2D eigenvalue weighted by Crippen LogP contribution is 2.30. The van der Waals surface area contributed by atoms with E-state index in [0.29, 0.717) is 23.9 Å². The van der Waals surface area contributed by atoms with Crippen molar-refractivity contribution in [3.05, 3.63) is 15.8 Å². The van der Waals surface area contributed by atoms with Crippen molar-refractivity contribution in [2.75, 3.05) is 13.1 Å². The molecule has 0 saturated heterocycles. The van der Waals surface area contributed by atoms with E-state index >= 15 is 0 Å². The van der Waals surface area contributed by atoms with Crippen LogP contribution in [0.4, 0.5) is 0 Å². The van der Waals surface area contributed by atoms with E-state index in [0.717, 1.165) is 10.4 Å². The van der Waals surface area contributed by atoms with Crippen LogP contribution in [0.25, 0.3) is 0 Å². The van der Waals surface area contributed by atoms with Gasteiger partial charge in [-0.05, 0) is 23.8 Å². The molecule has 1 heterocycles. The highest BCUT2D eigenvalue weighted by atomic mass is 35.5. The Kier molecular flexibility index (Phi) is 5.65. The molecule has 0 aromatic carbocycles. The molecule has 6 heteroatoms. The molecule has 0 bridgehead atoms. The third-order valence-corrected chi connectivity index (χ3v) is 6.46. The number of rotatable bonds is 6. The molecule has 1 rings (SSSR count). The summed E-state index contributed by atoms with van der Waals surface area (Å²) in [4.78, 5) is 1.14. The number of nitrogens with zero attached hydrogens (tertiary/aromatic N) is 1. The molecule has 1 aromatic rings. The zero-order valence-electron chi connectivity index (χ0n) is 11.2. The van der Waals surface area contributed by atoms with Crippen LogP contribution in [0.3, 0.4) is 0 Å². The Morgan fingerprint density at radius 2 is 2.06 bits per heavy atom. The van der Waals surface area contributed by atoms with Crippen LogP contribution in [0.1, 0.15) is 31.2 Å². The Labute approximate surface area is 119 Å². The van der Waals surface area contributed by atoms with Gasteiger partial charge in [0.15, 0.2) is 0 Å². The SMILES string of the molecule is CCN(CC(C)C)S(=O)(=O)c1c(C)csc1CCl. The highest BCUT2D eigenvalue weighted by molar-refractivity contribution is 7.89. The van der Waals surface area contributed by atoms with Gasteiger partial charge in [-0.25, -0.2) is 8.42 Å². The van der Waals surface area contributed by atoms with Crippen LogP contribution in [-0.4, -0.2) is 25.8 Å². The predicted molar refractivity (Wildman–Crippen MR) is 77.9 cm³/mol. The quantitative estimate of drug-likeness (QED) is 0.755. The molecule has 0 saturated carbocycles. The van der Waals surface area contributed by atoms with Gasteiger partial charge in [0, 0.05) is 18.0 Å².